The van der Waals surface area contributed by atoms with E-state index in [4.69, 9.17) is 14.5 Å². The summed E-state index contributed by atoms with van der Waals surface area (Å²) in [6.07, 6.45) is 1.53. The van der Waals surface area contributed by atoms with Gasteiger partial charge in [-0.2, -0.15) is 9.40 Å². The molecule has 1 aromatic carbocycles. The van der Waals surface area contributed by atoms with Crippen molar-refractivity contribution >= 4 is 21.1 Å². The molecule has 202 valence electrons. The number of ether oxygens (including phenoxy) is 2. The number of aryl methyl sites for hydroxylation is 2. The van der Waals surface area contributed by atoms with Crippen molar-refractivity contribution in [1.82, 2.24) is 29.0 Å². The third-order valence-electron chi connectivity index (χ3n) is 6.52. The molecule has 0 aliphatic carbocycles. The second-order valence-electron chi connectivity index (χ2n) is 8.97. The minimum absolute atomic E-state index is 0.123. The Kier molecular flexibility index (Phi) is 8.63. The first kappa shape index (κ1) is 27.2. The normalized spacial score (nSPS) is 15.1. The summed E-state index contributed by atoms with van der Waals surface area (Å²) in [6, 6.07) is 4.71. The van der Waals surface area contributed by atoms with Gasteiger partial charge in [0.1, 0.15) is 17.1 Å². The van der Waals surface area contributed by atoms with Crippen LogP contribution < -0.4 is 10.3 Å². The molecule has 3 aromatic rings. The maximum atomic E-state index is 13.6. The molecule has 0 bridgehead atoms. The molecular formula is C25H36N6O5S. The van der Waals surface area contributed by atoms with Crippen molar-refractivity contribution in [2.45, 2.75) is 38.5 Å². The van der Waals surface area contributed by atoms with Crippen LogP contribution in [0.5, 0.6) is 5.75 Å². The lowest BCUT2D eigenvalue weighted by atomic mass is 10.1. The fourth-order valence-electron chi connectivity index (χ4n) is 4.59. The highest BCUT2D eigenvalue weighted by Gasteiger charge is 2.26. The molecule has 4 rings (SSSR count). The Morgan fingerprint density at radius 2 is 1.95 bits per heavy atom. The number of aromatic nitrogens is 4. The van der Waals surface area contributed by atoms with Gasteiger partial charge in [-0.05, 0) is 31.5 Å². The molecule has 37 heavy (non-hydrogen) atoms. The van der Waals surface area contributed by atoms with Gasteiger partial charge >= 0.3 is 0 Å². The second-order valence-corrected chi connectivity index (χ2v) is 10.9. The summed E-state index contributed by atoms with van der Waals surface area (Å²) < 4.78 is 41.5. The van der Waals surface area contributed by atoms with E-state index >= 15 is 0 Å². The Morgan fingerprint density at radius 3 is 2.62 bits per heavy atom. The van der Waals surface area contributed by atoms with Gasteiger partial charge in [0.05, 0.1) is 36.0 Å². The molecule has 3 heterocycles. The number of nitrogens with zero attached hydrogens (tertiary/aromatic N) is 5. The fourth-order valence-corrected chi connectivity index (χ4v) is 6.06. The molecule has 0 saturated carbocycles. The average Bonchev–Trinajstić information content (AvgIpc) is 3.20. The second kappa shape index (κ2) is 11.7. The summed E-state index contributed by atoms with van der Waals surface area (Å²) in [5.74, 6) is 0.695. The highest BCUT2D eigenvalue weighted by atomic mass is 32.2. The minimum Gasteiger partial charge on any atom is -0.493 e. The van der Waals surface area contributed by atoms with E-state index < -0.39 is 10.0 Å². The first-order valence-electron chi connectivity index (χ1n) is 12.8. The molecule has 1 fully saturated rings. The van der Waals surface area contributed by atoms with Crippen molar-refractivity contribution in [2.75, 3.05) is 52.5 Å². The number of benzene rings is 1. The van der Waals surface area contributed by atoms with E-state index in [1.165, 1.54) is 15.1 Å². The van der Waals surface area contributed by atoms with Crippen molar-refractivity contribution in [3.05, 3.63) is 34.2 Å². The van der Waals surface area contributed by atoms with E-state index in [0.717, 1.165) is 25.2 Å². The molecule has 12 heteroatoms. The van der Waals surface area contributed by atoms with Crippen LogP contribution in [0, 0.1) is 0 Å². The van der Waals surface area contributed by atoms with Gasteiger partial charge in [-0.25, -0.2) is 13.4 Å². The van der Waals surface area contributed by atoms with Crippen LogP contribution in [0.4, 0.5) is 0 Å². The van der Waals surface area contributed by atoms with Crippen molar-refractivity contribution in [2.24, 2.45) is 7.05 Å². The summed E-state index contributed by atoms with van der Waals surface area (Å²) in [5, 5.41) is 4.47. The quantitative estimate of drug-likeness (QED) is 0.398. The summed E-state index contributed by atoms with van der Waals surface area (Å²) in [5.41, 5.74) is 1.70. The maximum absolute atomic E-state index is 13.6. The Balaban J connectivity index is 1.74. The molecule has 0 atom stereocenters. The SMILES string of the molecule is CCCc1nn(C)c2c(=O)[nH]c(-c3cc(S(=O)(=O)N(CC)CCN4CCOCC4)ccc3OCC)nc12. The number of morpholine rings is 1. The maximum Gasteiger partial charge on any atom is 0.277 e. The third kappa shape index (κ3) is 5.71. The number of likely N-dealkylation sites (N-methyl/N-ethyl adjacent to an activating group) is 1. The highest BCUT2D eigenvalue weighted by molar-refractivity contribution is 7.89. The number of nitrogens with one attached hydrogen (secondary N) is 1. The smallest absolute Gasteiger partial charge is 0.277 e. The summed E-state index contributed by atoms with van der Waals surface area (Å²) in [6.45, 7) is 10.3. The number of H-pyrrole nitrogens is 1. The van der Waals surface area contributed by atoms with Crippen LogP contribution in [0.2, 0.25) is 0 Å². The summed E-state index contributed by atoms with van der Waals surface area (Å²) >= 11 is 0. The average molecular weight is 533 g/mol. The van der Waals surface area contributed by atoms with Gasteiger partial charge in [0.2, 0.25) is 10.0 Å². The minimum atomic E-state index is -3.80. The van der Waals surface area contributed by atoms with E-state index in [9.17, 15) is 13.2 Å². The molecule has 0 amide bonds. The lowest BCUT2D eigenvalue weighted by molar-refractivity contribution is 0.0364. The third-order valence-corrected chi connectivity index (χ3v) is 8.49. The van der Waals surface area contributed by atoms with E-state index in [1.807, 2.05) is 20.8 Å². The van der Waals surface area contributed by atoms with Gasteiger partial charge in [-0.3, -0.25) is 14.4 Å². The monoisotopic (exact) mass is 532 g/mol. The van der Waals surface area contributed by atoms with Crippen LogP contribution in [0.1, 0.15) is 32.9 Å². The van der Waals surface area contributed by atoms with Crippen LogP contribution in [-0.2, 0) is 28.2 Å². The zero-order valence-corrected chi connectivity index (χ0v) is 22.8. The Morgan fingerprint density at radius 1 is 1.19 bits per heavy atom. The number of hydrogen-bond acceptors (Lipinski definition) is 8. The number of sulfonamides is 1. The molecule has 1 N–H and O–H groups in total. The number of fused-ring (bicyclic) bond motifs is 1. The van der Waals surface area contributed by atoms with E-state index in [2.05, 4.69) is 15.0 Å². The van der Waals surface area contributed by atoms with Crippen LogP contribution in [0.15, 0.2) is 27.9 Å². The van der Waals surface area contributed by atoms with Crippen molar-refractivity contribution < 1.29 is 17.9 Å². The van der Waals surface area contributed by atoms with Gasteiger partial charge in [0, 0.05) is 39.8 Å². The molecular weight excluding hydrogens is 496 g/mol. The van der Waals surface area contributed by atoms with Crippen LogP contribution in [-0.4, -0.2) is 89.9 Å². The lowest BCUT2D eigenvalue weighted by Gasteiger charge is -2.29. The largest absolute Gasteiger partial charge is 0.493 e. The van der Waals surface area contributed by atoms with Gasteiger partial charge < -0.3 is 14.5 Å². The lowest BCUT2D eigenvalue weighted by Crippen LogP contribution is -2.43. The summed E-state index contributed by atoms with van der Waals surface area (Å²) in [4.78, 5) is 22.9. The molecule has 1 aliphatic heterocycles. The van der Waals surface area contributed by atoms with Crippen LogP contribution in [0.3, 0.4) is 0 Å². The van der Waals surface area contributed by atoms with Crippen molar-refractivity contribution in [1.29, 1.82) is 0 Å². The first-order valence-corrected chi connectivity index (χ1v) is 14.3. The zero-order valence-electron chi connectivity index (χ0n) is 22.0. The Labute approximate surface area is 217 Å². The molecule has 1 saturated heterocycles. The van der Waals surface area contributed by atoms with Crippen molar-refractivity contribution in [3.63, 3.8) is 0 Å². The molecule has 0 unspecified atom stereocenters. The summed E-state index contributed by atoms with van der Waals surface area (Å²) in [7, 11) is -2.08. The Bertz CT molecular complexity index is 1390. The highest BCUT2D eigenvalue weighted by Crippen LogP contribution is 2.32. The molecule has 0 radical (unpaired) electrons. The predicted octanol–water partition coefficient (Wildman–Crippen LogP) is 2.02. The standard InChI is InChI=1S/C25H36N6O5S/c1-5-8-20-22-23(29(4)28-20)25(32)27-24(26-22)19-17-18(9-10-21(19)36-7-3)37(33,34)31(6-2)12-11-30-13-15-35-16-14-30/h9-10,17H,5-8,11-16H2,1-4H3,(H,26,27,32). The first-order chi connectivity index (χ1) is 17.8. The van der Waals surface area contributed by atoms with Crippen LogP contribution >= 0.6 is 0 Å². The molecule has 2 aromatic heterocycles. The molecule has 0 spiro atoms. The number of hydrogen-bond donors (Lipinski definition) is 1. The topological polar surface area (TPSA) is 123 Å². The van der Waals surface area contributed by atoms with Crippen molar-refractivity contribution in [3.8, 4) is 17.1 Å². The fraction of sp³-hybridized carbons (Fsp3) is 0.560. The van der Waals surface area contributed by atoms with E-state index in [0.29, 0.717) is 68.2 Å². The molecule has 11 nitrogen and oxygen atoms in total. The van der Waals surface area contributed by atoms with Gasteiger partial charge in [-0.15, -0.1) is 0 Å². The van der Waals surface area contributed by atoms with E-state index in [-0.39, 0.29) is 16.3 Å². The number of rotatable bonds is 11. The Hall–Kier alpha value is -2.80. The predicted molar refractivity (Wildman–Crippen MR) is 141 cm³/mol. The zero-order chi connectivity index (χ0) is 26.6. The number of aromatic amines is 1. The van der Waals surface area contributed by atoms with Gasteiger partial charge in [0.25, 0.3) is 5.56 Å². The van der Waals surface area contributed by atoms with Crippen LogP contribution in [0.25, 0.3) is 22.4 Å². The van der Waals surface area contributed by atoms with Gasteiger partial charge in [0.15, 0.2) is 5.52 Å². The van der Waals surface area contributed by atoms with Gasteiger partial charge in [-0.1, -0.05) is 20.3 Å². The van der Waals surface area contributed by atoms with E-state index in [1.54, 1.807) is 19.2 Å². The molecule has 1 aliphatic rings.